The Bertz CT molecular complexity index is 1100. The molecule has 0 bridgehead atoms. The fraction of sp³-hybridized carbons (Fsp3) is 0.143. The van der Waals surface area contributed by atoms with Gasteiger partial charge in [0.15, 0.2) is 0 Å². The maximum Gasteiger partial charge on any atom is 0.243 e. The standard InChI is InChI=1S/C21H21N3O4S/c1-15-8-10-17(11-9-15)29(26,27)21-18(6-3-7-19(21)28-2)23-14-20(25)24-16-5-4-12-22-13-16/h3-13,23H,14H2,1-2H3,(H,24,25). The molecule has 2 N–H and O–H groups in total. The average Bonchev–Trinajstić information content (AvgIpc) is 2.73. The Hall–Kier alpha value is -3.39. The van der Waals surface area contributed by atoms with Crippen LogP contribution in [0.15, 0.2) is 76.8 Å². The first kappa shape index (κ1) is 20.3. The Morgan fingerprint density at radius 3 is 2.48 bits per heavy atom. The van der Waals surface area contributed by atoms with Gasteiger partial charge >= 0.3 is 0 Å². The van der Waals surface area contributed by atoms with E-state index in [1.165, 1.54) is 13.3 Å². The number of aryl methyl sites for hydroxylation is 1. The SMILES string of the molecule is COc1cccc(NCC(=O)Nc2cccnc2)c1S(=O)(=O)c1ccc(C)cc1. The van der Waals surface area contributed by atoms with Crippen LogP contribution in [0.2, 0.25) is 0 Å². The van der Waals surface area contributed by atoms with E-state index in [-0.39, 0.29) is 33.7 Å². The topological polar surface area (TPSA) is 97.4 Å². The lowest BCUT2D eigenvalue weighted by Gasteiger charge is -2.16. The summed E-state index contributed by atoms with van der Waals surface area (Å²) in [4.78, 5) is 16.3. The van der Waals surface area contributed by atoms with Crippen molar-refractivity contribution in [2.75, 3.05) is 24.3 Å². The van der Waals surface area contributed by atoms with E-state index in [0.29, 0.717) is 5.69 Å². The Balaban J connectivity index is 1.88. The van der Waals surface area contributed by atoms with E-state index in [4.69, 9.17) is 4.74 Å². The molecule has 0 aliphatic rings. The molecule has 3 aromatic rings. The lowest BCUT2D eigenvalue weighted by Crippen LogP contribution is -2.22. The highest BCUT2D eigenvalue weighted by Gasteiger charge is 2.26. The molecule has 3 rings (SSSR count). The molecule has 29 heavy (non-hydrogen) atoms. The first-order valence-corrected chi connectivity index (χ1v) is 10.3. The van der Waals surface area contributed by atoms with Crippen molar-refractivity contribution in [2.24, 2.45) is 0 Å². The van der Waals surface area contributed by atoms with Crippen molar-refractivity contribution in [2.45, 2.75) is 16.7 Å². The van der Waals surface area contributed by atoms with E-state index in [0.717, 1.165) is 5.56 Å². The first-order chi connectivity index (χ1) is 13.9. The second kappa shape index (κ2) is 8.74. The summed E-state index contributed by atoms with van der Waals surface area (Å²) in [6.07, 6.45) is 3.13. The van der Waals surface area contributed by atoms with E-state index in [1.807, 2.05) is 6.92 Å². The second-order valence-electron chi connectivity index (χ2n) is 6.30. The molecule has 0 atom stereocenters. The number of benzene rings is 2. The Morgan fingerprint density at radius 2 is 1.83 bits per heavy atom. The number of carbonyl (C=O) groups is 1. The third-order valence-electron chi connectivity index (χ3n) is 4.18. The minimum atomic E-state index is -3.87. The van der Waals surface area contributed by atoms with Gasteiger partial charge in [0, 0.05) is 6.20 Å². The number of methoxy groups -OCH3 is 1. The molecule has 0 radical (unpaired) electrons. The van der Waals surface area contributed by atoms with Crippen LogP contribution >= 0.6 is 0 Å². The molecule has 7 nitrogen and oxygen atoms in total. The smallest absolute Gasteiger partial charge is 0.243 e. The number of aromatic nitrogens is 1. The number of ether oxygens (including phenoxy) is 1. The molecule has 0 unspecified atom stereocenters. The molecular formula is C21H21N3O4S. The fourth-order valence-corrected chi connectivity index (χ4v) is 4.32. The van der Waals surface area contributed by atoms with Gasteiger partial charge in [-0.05, 0) is 43.3 Å². The van der Waals surface area contributed by atoms with Crippen LogP contribution < -0.4 is 15.4 Å². The van der Waals surface area contributed by atoms with Gasteiger partial charge in [0.25, 0.3) is 0 Å². The van der Waals surface area contributed by atoms with Gasteiger partial charge in [0.2, 0.25) is 15.7 Å². The zero-order chi connectivity index (χ0) is 20.9. The van der Waals surface area contributed by atoms with E-state index in [2.05, 4.69) is 15.6 Å². The molecule has 0 spiro atoms. The summed E-state index contributed by atoms with van der Waals surface area (Å²) in [5.41, 5.74) is 1.79. The molecule has 150 valence electrons. The van der Waals surface area contributed by atoms with Crippen LogP contribution in [0.5, 0.6) is 5.75 Å². The van der Waals surface area contributed by atoms with Gasteiger partial charge in [-0.25, -0.2) is 8.42 Å². The summed E-state index contributed by atoms with van der Waals surface area (Å²) in [7, 11) is -2.46. The van der Waals surface area contributed by atoms with Crippen molar-refractivity contribution in [3.05, 3.63) is 72.6 Å². The maximum absolute atomic E-state index is 13.3. The number of sulfone groups is 1. The monoisotopic (exact) mass is 411 g/mol. The largest absolute Gasteiger partial charge is 0.495 e. The van der Waals surface area contributed by atoms with Crippen LogP contribution in [-0.4, -0.2) is 33.0 Å². The van der Waals surface area contributed by atoms with Crippen LogP contribution in [0.4, 0.5) is 11.4 Å². The first-order valence-electron chi connectivity index (χ1n) is 8.84. The minimum absolute atomic E-state index is 0.0134. The quantitative estimate of drug-likeness (QED) is 0.619. The number of nitrogens with one attached hydrogen (secondary N) is 2. The third kappa shape index (κ3) is 4.72. The van der Waals surface area contributed by atoms with E-state index in [1.54, 1.807) is 60.8 Å². The highest BCUT2D eigenvalue weighted by atomic mass is 32.2. The Morgan fingerprint density at radius 1 is 1.07 bits per heavy atom. The summed E-state index contributed by atoms with van der Waals surface area (Å²) in [5, 5.41) is 5.60. The predicted octanol–water partition coefficient (Wildman–Crippen LogP) is 3.28. The molecule has 0 aliphatic heterocycles. The van der Waals surface area contributed by atoms with Crippen LogP contribution in [0.25, 0.3) is 0 Å². The van der Waals surface area contributed by atoms with Crippen molar-refractivity contribution in [1.82, 2.24) is 4.98 Å². The zero-order valence-electron chi connectivity index (χ0n) is 16.0. The third-order valence-corrected chi connectivity index (χ3v) is 6.03. The minimum Gasteiger partial charge on any atom is -0.495 e. The summed E-state index contributed by atoms with van der Waals surface area (Å²) in [6.45, 7) is 1.76. The lowest BCUT2D eigenvalue weighted by atomic mass is 10.2. The molecule has 0 fully saturated rings. The highest BCUT2D eigenvalue weighted by molar-refractivity contribution is 7.91. The van der Waals surface area contributed by atoms with E-state index < -0.39 is 9.84 Å². The van der Waals surface area contributed by atoms with Crippen molar-refractivity contribution in [1.29, 1.82) is 0 Å². The maximum atomic E-state index is 13.3. The Kier molecular flexibility index (Phi) is 6.13. The average molecular weight is 411 g/mol. The van der Waals surface area contributed by atoms with Crippen molar-refractivity contribution >= 4 is 27.1 Å². The van der Waals surface area contributed by atoms with E-state index >= 15 is 0 Å². The number of hydrogen-bond donors (Lipinski definition) is 2. The molecule has 0 saturated carbocycles. The molecule has 0 aliphatic carbocycles. The van der Waals surface area contributed by atoms with Crippen LogP contribution in [0.1, 0.15) is 5.56 Å². The molecule has 1 aromatic heterocycles. The molecule has 2 aromatic carbocycles. The molecule has 8 heteroatoms. The predicted molar refractivity (Wildman–Crippen MR) is 111 cm³/mol. The normalized spacial score (nSPS) is 11.0. The number of amides is 1. The second-order valence-corrected chi connectivity index (χ2v) is 8.18. The van der Waals surface area contributed by atoms with Crippen LogP contribution in [-0.2, 0) is 14.6 Å². The van der Waals surface area contributed by atoms with Crippen molar-refractivity contribution in [3.8, 4) is 5.75 Å². The number of pyridine rings is 1. The van der Waals surface area contributed by atoms with Crippen molar-refractivity contribution < 1.29 is 17.9 Å². The highest BCUT2D eigenvalue weighted by Crippen LogP contribution is 2.35. The molecule has 1 heterocycles. The van der Waals surface area contributed by atoms with Gasteiger partial charge in [-0.3, -0.25) is 9.78 Å². The van der Waals surface area contributed by atoms with Gasteiger partial charge in [-0.15, -0.1) is 0 Å². The van der Waals surface area contributed by atoms with Gasteiger partial charge in [-0.1, -0.05) is 23.8 Å². The van der Waals surface area contributed by atoms with E-state index in [9.17, 15) is 13.2 Å². The summed E-state index contributed by atoms with van der Waals surface area (Å²) in [6, 6.07) is 14.8. The van der Waals surface area contributed by atoms with Gasteiger partial charge in [-0.2, -0.15) is 0 Å². The Labute approximate surface area is 169 Å². The number of carbonyl (C=O) groups excluding carboxylic acids is 1. The number of rotatable bonds is 7. The van der Waals surface area contributed by atoms with Gasteiger partial charge < -0.3 is 15.4 Å². The fourth-order valence-electron chi connectivity index (χ4n) is 2.75. The number of nitrogens with zero attached hydrogens (tertiary/aromatic N) is 1. The summed E-state index contributed by atoms with van der Waals surface area (Å²) in [5.74, 6) is -0.136. The zero-order valence-corrected chi connectivity index (χ0v) is 16.9. The van der Waals surface area contributed by atoms with Gasteiger partial charge in [0.05, 0.1) is 36.1 Å². The van der Waals surface area contributed by atoms with Crippen LogP contribution in [0.3, 0.4) is 0 Å². The van der Waals surface area contributed by atoms with Gasteiger partial charge in [0.1, 0.15) is 10.6 Å². The van der Waals surface area contributed by atoms with Crippen LogP contribution in [0, 0.1) is 6.92 Å². The summed E-state index contributed by atoms with van der Waals surface area (Å²) >= 11 is 0. The molecular weight excluding hydrogens is 390 g/mol. The lowest BCUT2D eigenvalue weighted by molar-refractivity contribution is -0.114. The summed E-state index contributed by atoms with van der Waals surface area (Å²) < 4.78 is 31.8. The molecule has 1 amide bonds. The number of hydrogen-bond acceptors (Lipinski definition) is 6. The molecule has 0 saturated heterocycles. The number of anilines is 2. The van der Waals surface area contributed by atoms with Crippen molar-refractivity contribution in [3.63, 3.8) is 0 Å².